The number of amides is 1. The third kappa shape index (κ3) is 4.90. The van der Waals surface area contributed by atoms with Crippen molar-refractivity contribution in [2.24, 2.45) is 0 Å². The fourth-order valence-electron chi connectivity index (χ4n) is 3.78. The lowest BCUT2D eigenvalue weighted by Gasteiger charge is -2.34. The Labute approximate surface area is 187 Å². The Balaban J connectivity index is 1.52. The number of nitrogens with one attached hydrogen (secondary N) is 1. The van der Waals surface area contributed by atoms with Gasteiger partial charge in [0.05, 0.1) is 29.8 Å². The summed E-state index contributed by atoms with van der Waals surface area (Å²) in [5, 5.41) is 7.11. The summed E-state index contributed by atoms with van der Waals surface area (Å²) < 4.78 is 35.0. The first-order valence-corrected chi connectivity index (χ1v) is 11.9. The second-order valence-electron chi connectivity index (χ2n) is 7.92. The van der Waals surface area contributed by atoms with Gasteiger partial charge >= 0.3 is 0 Å². The third-order valence-corrected chi connectivity index (χ3v) is 7.08. The van der Waals surface area contributed by atoms with Gasteiger partial charge in [0, 0.05) is 24.7 Å². The van der Waals surface area contributed by atoms with Gasteiger partial charge in [-0.15, -0.1) is 0 Å². The van der Waals surface area contributed by atoms with Crippen LogP contribution in [0.5, 0.6) is 0 Å². The minimum atomic E-state index is -3.74. The second-order valence-corrected chi connectivity index (χ2v) is 9.86. The Morgan fingerprint density at radius 3 is 2.50 bits per heavy atom. The lowest BCUT2D eigenvalue weighted by Crippen LogP contribution is -2.48. The summed E-state index contributed by atoms with van der Waals surface area (Å²) in [7, 11) is -3.74. The van der Waals surface area contributed by atoms with Gasteiger partial charge < -0.3 is 10.1 Å². The third-order valence-electron chi connectivity index (χ3n) is 5.25. The summed E-state index contributed by atoms with van der Waals surface area (Å²) in [4.78, 5) is 13.0. The van der Waals surface area contributed by atoms with Crippen molar-refractivity contribution in [2.45, 2.75) is 37.5 Å². The van der Waals surface area contributed by atoms with Crippen LogP contribution in [-0.4, -0.2) is 53.7 Å². The number of rotatable bonds is 6. The predicted octanol–water partition coefficient (Wildman–Crippen LogP) is 2.98. The van der Waals surface area contributed by atoms with Gasteiger partial charge in [0.2, 0.25) is 10.0 Å². The Morgan fingerprint density at radius 2 is 1.78 bits per heavy atom. The van der Waals surface area contributed by atoms with Crippen molar-refractivity contribution in [3.8, 4) is 0 Å². The predicted molar refractivity (Wildman–Crippen MR) is 121 cm³/mol. The number of morpholine rings is 1. The van der Waals surface area contributed by atoms with E-state index in [1.807, 2.05) is 44.2 Å². The largest absolute Gasteiger partial charge is 0.373 e. The number of hydrogen-bond donors (Lipinski definition) is 1. The average molecular weight is 455 g/mol. The lowest BCUT2D eigenvalue weighted by atomic mass is 10.2. The Morgan fingerprint density at radius 1 is 1.06 bits per heavy atom. The van der Waals surface area contributed by atoms with Gasteiger partial charge in [0.1, 0.15) is 5.82 Å². The summed E-state index contributed by atoms with van der Waals surface area (Å²) in [6.07, 6.45) is 1.23. The van der Waals surface area contributed by atoms with Crippen LogP contribution in [0.15, 0.2) is 71.8 Å². The number of nitrogens with zero attached hydrogens (tertiary/aromatic N) is 3. The maximum absolute atomic E-state index is 13.2. The molecule has 32 heavy (non-hydrogen) atoms. The highest BCUT2D eigenvalue weighted by molar-refractivity contribution is 7.89. The zero-order valence-electron chi connectivity index (χ0n) is 18.0. The monoisotopic (exact) mass is 454 g/mol. The molecule has 1 saturated heterocycles. The van der Waals surface area contributed by atoms with Gasteiger partial charge in [0.25, 0.3) is 5.91 Å². The average Bonchev–Trinajstić information content (AvgIpc) is 3.20. The van der Waals surface area contributed by atoms with Gasteiger partial charge in [0.15, 0.2) is 0 Å². The van der Waals surface area contributed by atoms with Crippen molar-refractivity contribution < 1.29 is 17.9 Å². The van der Waals surface area contributed by atoms with Crippen molar-refractivity contribution in [3.05, 3.63) is 78.0 Å². The highest BCUT2D eigenvalue weighted by Gasteiger charge is 2.32. The number of carbonyl (C=O) groups is 1. The Hall–Kier alpha value is -3.01. The summed E-state index contributed by atoms with van der Waals surface area (Å²) in [5.74, 6) is 0.128. The number of sulfonamides is 1. The molecule has 4 rings (SSSR count). The highest BCUT2D eigenvalue weighted by atomic mass is 32.2. The molecule has 0 spiro atoms. The van der Waals surface area contributed by atoms with Crippen LogP contribution in [0.1, 0.15) is 29.8 Å². The normalized spacial score (nSPS) is 19.6. The molecule has 2 unspecified atom stereocenters. The molecule has 8 nitrogen and oxygen atoms in total. The molecule has 0 bridgehead atoms. The van der Waals surface area contributed by atoms with E-state index in [2.05, 4.69) is 10.4 Å². The zero-order chi connectivity index (χ0) is 22.7. The maximum Gasteiger partial charge on any atom is 0.256 e. The first kappa shape index (κ1) is 22.2. The summed E-state index contributed by atoms with van der Waals surface area (Å²) in [6.45, 7) is 4.76. The Bertz CT molecular complexity index is 1180. The van der Waals surface area contributed by atoms with Gasteiger partial charge in [-0.2, -0.15) is 9.40 Å². The molecule has 0 saturated carbocycles. The molecule has 0 radical (unpaired) electrons. The van der Waals surface area contributed by atoms with Gasteiger partial charge in [-0.25, -0.2) is 13.1 Å². The molecule has 1 fully saturated rings. The summed E-state index contributed by atoms with van der Waals surface area (Å²) in [5.41, 5.74) is 1.31. The number of ether oxygens (including phenoxy) is 1. The molecule has 1 N–H and O–H groups in total. The van der Waals surface area contributed by atoms with E-state index in [-0.39, 0.29) is 35.8 Å². The molecular formula is C23H26N4O4S. The van der Waals surface area contributed by atoms with Crippen LogP contribution in [-0.2, 0) is 21.3 Å². The van der Waals surface area contributed by atoms with Crippen molar-refractivity contribution in [1.29, 1.82) is 0 Å². The van der Waals surface area contributed by atoms with E-state index in [0.717, 1.165) is 5.56 Å². The summed E-state index contributed by atoms with van der Waals surface area (Å²) >= 11 is 0. The molecule has 2 aromatic carbocycles. The number of anilines is 1. The van der Waals surface area contributed by atoms with Crippen LogP contribution < -0.4 is 5.32 Å². The Kier molecular flexibility index (Phi) is 6.40. The number of carbonyl (C=O) groups excluding carboxylic acids is 1. The van der Waals surface area contributed by atoms with Crippen LogP contribution in [0, 0.1) is 0 Å². The minimum absolute atomic E-state index is 0.0873. The second kappa shape index (κ2) is 9.23. The van der Waals surface area contributed by atoms with E-state index < -0.39 is 15.9 Å². The van der Waals surface area contributed by atoms with E-state index in [9.17, 15) is 13.2 Å². The molecule has 168 valence electrons. The van der Waals surface area contributed by atoms with E-state index >= 15 is 0 Å². The number of aromatic nitrogens is 2. The van der Waals surface area contributed by atoms with Crippen LogP contribution in [0.25, 0.3) is 0 Å². The number of benzene rings is 2. The maximum atomic E-state index is 13.2. The molecule has 1 aromatic heterocycles. The lowest BCUT2D eigenvalue weighted by molar-refractivity contribution is -0.0440. The molecule has 1 aliphatic heterocycles. The van der Waals surface area contributed by atoms with Crippen molar-refractivity contribution >= 4 is 21.7 Å². The van der Waals surface area contributed by atoms with Crippen molar-refractivity contribution in [1.82, 2.24) is 14.1 Å². The smallest absolute Gasteiger partial charge is 0.256 e. The topological polar surface area (TPSA) is 93.5 Å². The van der Waals surface area contributed by atoms with E-state index in [1.54, 1.807) is 29.1 Å². The first-order chi connectivity index (χ1) is 15.3. The van der Waals surface area contributed by atoms with Crippen LogP contribution >= 0.6 is 0 Å². The van der Waals surface area contributed by atoms with E-state index in [0.29, 0.717) is 12.4 Å². The number of hydrogen-bond acceptors (Lipinski definition) is 5. The van der Waals surface area contributed by atoms with Crippen molar-refractivity contribution in [2.75, 3.05) is 18.4 Å². The van der Waals surface area contributed by atoms with Crippen LogP contribution in [0.2, 0.25) is 0 Å². The molecule has 3 aromatic rings. The molecule has 0 aliphatic carbocycles. The minimum Gasteiger partial charge on any atom is -0.373 e. The van der Waals surface area contributed by atoms with Crippen molar-refractivity contribution in [3.63, 3.8) is 0 Å². The first-order valence-electron chi connectivity index (χ1n) is 10.5. The quantitative estimate of drug-likeness (QED) is 0.618. The van der Waals surface area contributed by atoms with Gasteiger partial charge in [-0.05, 0) is 37.6 Å². The molecule has 1 amide bonds. The van der Waals surface area contributed by atoms with E-state index in [4.69, 9.17) is 4.74 Å². The standard InChI is InChI=1S/C23H26N4O4S/c1-17-14-26(15-18(2)31-17)32(29,30)21-10-6-9-20(13-21)23(28)25-22-11-12-24-27(22)16-19-7-4-3-5-8-19/h3-13,17-18H,14-16H2,1-2H3,(H,25,28). The van der Waals surface area contributed by atoms with E-state index in [1.165, 1.54) is 16.4 Å². The van der Waals surface area contributed by atoms with Gasteiger partial charge in [-0.1, -0.05) is 36.4 Å². The SMILES string of the molecule is CC1CN(S(=O)(=O)c2cccc(C(=O)Nc3ccnn3Cc3ccccc3)c2)CC(C)O1. The molecular weight excluding hydrogens is 428 g/mol. The fraction of sp³-hybridized carbons (Fsp3) is 0.304. The zero-order valence-corrected chi connectivity index (χ0v) is 18.8. The fourth-order valence-corrected chi connectivity index (χ4v) is 5.42. The van der Waals surface area contributed by atoms with Gasteiger partial charge in [-0.3, -0.25) is 4.79 Å². The molecule has 9 heteroatoms. The molecule has 1 aliphatic rings. The molecule has 2 atom stereocenters. The highest BCUT2D eigenvalue weighted by Crippen LogP contribution is 2.22. The summed E-state index contributed by atoms with van der Waals surface area (Å²) in [6, 6.07) is 17.6. The molecule has 2 heterocycles. The van der Waals surface area contributed by atoms with Crippen LogP contribution in [0.4, 0.5) is 5.82 Å². The van der Waals surface area contributed by atoms with Crippen LogP contribution in [0.3, 0.4) is 0 Å².